The first kappa shape index (κ1) is 13.3. The van der Waals surface area contributed by atoms with E-state index in [9.17, 15) is 0 Å². The molecule has 1 aliphatic carbocycles. The number of rotatable bonds is 3. The van der Waals surface area contributed by atoms with Crippen molar-refractivity contribution in [1.29, 1.82) is 0 Å². The highest BCUT2D eigenvalue weighted by molar-refractivity contribution is 5.78. The zero-order valence-electron chi connectivity index (χ0n) is 11.2. The van der Waals surface area contributed by atoms with Crippen LogP contribution in [0.4, 0.5) is 0 Å². The predicted molar refractivity (Wildman–Crippen MR) is 70.6 cm³/mol. The quantitative estimate of drug-likeness (QED) is 0.592. The third-order valence-electron chi connectivity index (χ3n) is 3.69. The lowest BCUT2D eigenvalue weighted by molar-refractivity contribution is 0.224. The summed E-state index contributed by atoms with van der Waals surface area (Å²) in [5, 5.41) is 0. The maximum Gasteiger partial charge on any atom is 0.191 e. The molecule has 0 amide bonds. The van der Waals surface area contributed by atoms with E-state index in [1.54, 1.807) is 0 Å². The van der Waals surface area contributed by atoms with Crippen LogP contribution in [0.1, 0.15) is 52.9 Å². The summed E-state index contributed by atoms with van der Waals surface area (Å²) in [6.45, 7) is 6.42. The van der Waals surface area contributed by atoms with E-state index < -0.39 is 0 Å². The molecule has 0 saturated heterocycles. The van der Waals surface area contributed by atoms with Gasteiger partial charge in [-0.25, -0.2) is 0 Å². The van der Waals surface area contributed by atoms with Gasteiger partial charge >= 0.3 is 0 Å². The summed E-state index contributed by atoms with van der Waals surface area (Å²) in [6, 6.07) is 0.889. The maximum absolute atomic E-state index is 5.99. The monoisotopic (exact) mass is 225 g/mol. The van der Waals surface area contributed by atoms with E-state index in [1.807, 2.05) is 0 Å². The fraction of sp³-hybridized carbons (Fsp3) is 0.923. The molecule has 94 valence electrons. The van der Waals surface area contributed by atoms with Crippen LogP contribution in [-0.4, -0.2) is 30.0 Å². The van der Waals surface area contributed by atoms with Crippen LogP contribution in [0.2, 0.25) is 0 Å². The molecule has 1 fully saturated rings. The van der Waals surface area contributed by atoms with E-state index in [0.29, 0.717) is 12.0 Å². The van der Waals surface area contributed by atoms with Crippen molar-refractivity contribution in [3.63, 3.8) is 0 Å². The van der Waals surface area contributed by atoms with Gasteiger partial charge in [0.1, 0.15) is 0 Å². The molecular weight excluding hydrogens is 198 g/mol. The van der Waals surface area contributed by atoms with Gasteiger partial charge in [0.25, 0.3) is 0 Å². The third kappa shape index (κ3) is 3.69. The Morgan fingerprint density at radius 2 is 1.88 bits per heavy atom. The van der Waals surface area contributed by atoms with E-state index in [0.717, 1.165) is 5.92 Å². The van der Waals surface area contributed by atoms with Gasteiger partial charge in [-0.15, -0.1) is 0 Å². The van der Waals surface area contributed by atoms with E-state index in [4.69, 9.17) is 5.73 Å². The highest BCUT2D eigenvalue weighted by Gasteiger charge is 2.23. The van der Waals surface area contributed by atoms with Gasteiger partial charge in [0.05, 0.1) is 0 Å². The van der Waals surface area contributed by atoms with Crippen molar-refractivity contribution in [3.05, 3.63) is 0 Å². The van der Waals surface area contributed by atoms with Crippen LogP contribution < -0.4 is 5.73 Å². The van der Waals surface area contributed by atoms with Gasteiger partial charge in [0, 0.05) is 19.1 Å². The molecule has 0 aliphatic heterocycles. The van der Waals surface area contributed by atoms with Crippen LogP contribution in [0.5, 0.6) is 0 Å². The molecule has 0 atom stereocenters. The lowest BCUT2D eigenvalue weighted by atomic mass is 9.84. The second-order valence-electron chi connectivity index (χ2n) is 5.27. The molecule has 3 heteroatoms. The maximum atomic E-state index is 5.99. The molecule has 0 aromatic rings. The highest BCUT2D eigenvalue weighted by Crippen LogP contribution is 2.28. The standard InChI is InChI=1S/C13H27N3/c1-5-11-6-8-12(9-7-11)16(4)13(14)15-10(2)3/h10-12H,5-9H2,1-4H3,(H2,14,15). The predicted octanol–water partition coefficient (Wildman–Crippen LogP) is 2.61. The molecule has 2 N–H and O–H groups in total. The Labute approximate surface area is 100 Å². The Hall–Kier alpha value is -0.730. The van der Waals surface area contributed by atoms with Crippen molar-refractivity contribution in [2.45, 2.75) is 65.0 Å². The minimum Gasteiger partial charge on any atom is -0.370 e. The number of nitrogens with two attached hydrogens (primary N) is 1. The molecule has 0 radical (unpaired) electrons. The van der Waals surface area contributed by atoms with Gasteiger partial charge in [-0.05, 0) is 45.4 Å². The molecule has 16 heavy (non-hydrogen) atoms. The van der Waals surface area contributed by atoms with E-state index >= 15 is 0 Å². The lowest BCUT2D eigenvalue weighted by Crippen LogP contribution is -2.43. The minimum atomic E-state index is 0.287. The van der Waals surface area contributed by atoms with Gasteiger partial charge in [0.2, 0.25) is 0 Å². The SMILES string of the molecule is CCC1CCC(N(C)C(N)=NC(C)C)CC1. The first-order chi connectivity index (χ1) is 7.54. The molecule has 0 unspecified atom stereocenters. The molecule has 0 aromatic heterocycles. The Morgan fingerprint density at radius 1 is 1.31 bits per heavy atom. The molecule has 0 bridgehead atoms. The average molecular weight is 225 g/mol. The zero-order valence-corrected chi connectivity index (χ0v) is 11.2. The van der Waals surface area contributed by atoms with Gasteiger partial charge in [-0.3, -0.25) is 4.99 Å². The molecular formula is C13H27N3. The number of hydrogen-bond acceptors (Lipinski definition) is 1. The molecule has 0 aromatic carbocycles. The Kier molecular flexibility index (Phi) is 5.10. The topological polar surface area (TPSA) is 41.6 Å². The van der Waals surface area contributed by atoms with Crippen LogP contribution in [0.15, 0.2) is 4.99 Å². The lowest BCUT2D eigenvalue weighted by Gasteiger charge is -2.35. The number of guanidine groups is 1. The van der Waals surface area contributed by atoms with Crippen LogP contribution in [-0.2, 0) is 0 Å². The smallest absolute Gasteiger partial charge is 0.191 e. The molecule has 3 nitrogen and oxygen atoms in total. The second-order valence-corrected chi connectivity index (χ2v) is 5.27. The van der Waals surface area contributed by atoms with E-state index in [-0.39, 0.29) is 6.04 Å². The minimum absolute atomic E-state index is 0.287. The fourth-order valence-electron chi connectivity index (χ4n) is 2.48. The summed E-state index contributed by atoms with van der Waals surface area (Å²) < 4.78 is 0. The first-order valence-electron chi connectivity index (χ1n) is 6.60. The Bertz CT molecular complexity index is 227. The Balaban J connectivity index is 2.47. The summed E-state index contributed by atoms with van der Waals surface area (Å²) in [6.07, 6.45) is 6.56. The van der Waals surface area contributed by atoms with Crippen molar-refractivity contribution in [1.82, 2.24) is 4.90 Å². The van der Waals surface area contributed by atoms with Gasteiger partial charge < -0.3 is 10.6 Å². The molecule has 0 heterocycles. The molecule has 0 spiro atoms. The number of nitrogens with zero attached hydrogens (tertiary/aromatic N) is 2. The summed E-state index contributed by atoms with van der Waals surface area (Å²) in [5.74, 6) is 1.64. The van der Waals surface area contributed by atoms with Gasteiger partial charge in [-0.2, -0.15) is 0 Å². The van der Waals surface area contributed by atoms with E-state index in [2.05, 4.69) is 37.7 Å². The Morgan fingerprint density at radius 3 is 2.31 bits per heavy atom. The summed E-state index contributed by atoms with van der Waals surface area (Å²) >= 11 is 0. The van der Waals surface area contributed by atoms with Gasteiger partial charge in [-0.1, -0.05) is 13.3 Å². The number of hydrogen-bond donors (Lipinski definition) is 1. The zero-order chi connectivity index (χ0) is 12.1. The van der Waals surface area contributed by atoms with Crippen molar-refractivity contribution < 1.29 is 0 Å². The van der Waals surface area contributed by atoms with Crippen molar-refractivity contribution in [2.75, 3.05) is 7.05 Å². The highest BCUT2D eigenvalue weighted by atomic mass is 15.3. The third-order valence-corrected chi connectivity index (χ3v) is 3.69. The first-order valence-corrected chi connectivity index (χ1v) is 6.60. The average Bonchev–Trinajstić information content (AvgIpc) is 2.27. The van der Waals surface area contributed by atoms with Crippen LogP contribution in [0.3, 0.4) is 0 Å². The molecule has 1 saturated carbocycles. The summed E-state index contributed by atoms with van der Waals surface area (Å²) in [5.41, 5.74) is 5.99. The molecule has 1 rings (SSSR count). The second kappa shape index (κ2) is 6.12. The fourth-order valence-corrected chi connectivity index (χ4v) is 2.48. The van der Waals surface area contributed by atoms with Crippen LogP contribution in [0.25, 0.3) is 0 Å². The summed E-state index contributed by atoms with van der Waals surface area (Å²) in [4.78, 5) is 6.58. The van der Waals surface area contributed by atoms with Crippen molar-refractivity contribution >= 4 is 5.96 Å². The van der Waals surface area contributed by atoms with Crippen molar-refractivity contribution in [2.24, 2.45) is 16.6 Å². The van der Waals surface area contributed by atoms with Crippen LogP contribution in [0, 0.1) is 5.92 Å². The van der Waals surface area contributed by atoms with Crippen LogP contribution >= 0.6 is 0 Å². The van der Waals surface area contributed by atoms with E-state index in [1.165, 1.54) is 32.1 Å². The number of aliphatic imine (C=N–C) groups is 1. The normalized spacial score (nSPS) is 27.2. The van der Waals surface area contributed by atoms with Gasteiger partial charge in [0.15, 0.2) is 5.96 Å². The molecule has 1 aliphatic rings. The van der Waals surface area contributed by atoms with Crippen molar-refractivity contribution in [3.8, 4) is 0 Å². The summed E-state index contributed by atoms with van der Waals surface area (Å²) in [7, 11) is 2.08. The largest absolute Gasteiger partial charge is 0.370 e.